The Labute approximate surface area is 287 Å². The van der Waals surface area contributed by atoms with Crippen LogP contribution in [-0.4, -0.2) is 61.5 Å². The first kappa shape index (κ1) is 52.7. The first-order valence-electron chi connectivity index (χ1n) is 15.6. The van der Waals surface area contributed by atoms with Crippen LogP contribution in [0.5, 0.6) is 0 Å². The molecule has 0 aromatic heterocycles. The zero-order valence-corrected chi connectivity index (χ0v) is 31.2. The summed E-state index contributed by atoms with van der Waals surface area (Å²) in [6.07, 6.45) is 31.6. The molecule has 3 N–H and O–H groups in total. The fourth-order valence-electron chi connectivity index (χ4n) is 3.72. The van der Waals surface area contributed by atoms with Crippen molar-refractivity contribution in [1.29, 1.82) is 0 Å². The van der Waals surface area contributed by atoms with Crippen LogP contribution in [-0.2, 0) is 30.3 Å². The summed E-state index contributed by atoms with van der Waals surface area (Å²) in [5, 5.41) is 0. The standard InChI is InChI=1S/C24H50O.C6H10O.Na.2H2O4S/c1-3-5-7-9-11-13-15-17-19-21-23-25-24-22-20-18-16-14-12-10-8-6-4-2;1-3-5-7-6-4-2;;2*1-5(2,3)4/h3-24H2,1-2H3;3-4H,1-2,5-6H2;;2*(H2,1,2,3,4)/q;;+1;;/p-1. The van der Waals surface area contributed by atoms with Crippen molar-refractivity contribution in [3.8, 4) is 0 Å². The Hall–Kier alpha value is 0.140. The van der Waals surface area contributed by atoms with Crippen LogP contribution in [0.2, 0.25) is 0 Å². The Balaban J connectivity index is -0.000000217. The molecule has 0 aromatic carbocycles. The van der Waals surface area contributed by atoms with E-state index >= 15 is 0 Å². The van der Waals surface area contributed by atoms with E-state index in [0.29, 0.717) is 13.2 Å². The van der Waals surface area contributed by atoms with Crippen LogP contribution in [0.15, 0.2) is 25.3 Å². The number of ether oxygens (including phenoxy) is 2. The van der Waals surface area contributed by atoms with E-state index in [-0.39, 0.29) is 29.6 Å². The van der Waals surface area contributed by atoms with E-state index in [0.717, 1.165) is 13.2 Å². The summed E-state index contributed by atoms with van der Waals surface area (Å²) in [7, 11) is -9.58. The molecule has 0 radical (unpaired) electrons. The Morgan fingerprint density at radius 2 is 0.744 bits per heavy atom. The van der Waals surface area contributed by atoms with Gasteiger partial charge in [0.1, 0.15) is 0 Å². The van der Waals surface area contributed by atoms with Gasteiger partial charge in [-0.3, -0.25) is 13.7 Å². The maximum Gasteiger partial charge on any atom is 1.00 e. The number of hydrogen-bond donors (Lipinski definition) is 3. The zero-order chi connectivity index (χ0) is 32.8. The Morgan fingerprint density at radius 3 is 0.953 bits per heavy atom. The fourth-order valence-corrected chi connectivity index (χ4v) is 3.72. The first-order valence-corrected chi connectivity index (χ1v) is 18.3. The molecule has 0 aliphatic carbocycles. The van der Waals surface area contributed by atoms with Crippen molar-refractivity contribution in [3.63, 3.8) is 0 Å². The van der Waals surface area contributed by atoms with Gasteiger partial charge in [0.05, 0.1) is 13.2 Å². The van der Waals surface area contributed by atoms with Crippen molar-refractivity contribution < 1.29 is 74.1 Å². The van der Waals surface area contributed by atoms with E-state index in [1.54, 1.807) is 12.2 Å². The molecule has 0 bridgehead atoms. The smallest absolute Gasteiger partial charge is 0.726 e. The van der Waals surface area contributed by atoms with Crippen LogP contribution in [0.4, 0.5) is 0 Å². The quantitative estimate of drug-likeness (QED) is 0.0347. The van der Waals surface area contributed by atoms with Gasteiger partial charge < -0.3 is 14.0 Å². The van der Waals surface area contributed by atoms with Crippen molar-refractivity contribution >= 4 is 20.8 Å². The van der Waals surface area contributed by atoms with Gasteiger partial charge in [-0.1, -0.05) is 142 Å². The molecular weight excluding hydrogens is 607 g/mol. The van der Waals surface area contributed by atoms with Gasteiger partial charge in [-0.15, -0.1) is 13.2 Å². The van der Waals surface area contributed by atoms with Crippen LogP contribution in [0.25, 0.3) is 0 Å². The Morgan fingerprint density at radius 1 is 0.535 bits per heavy atom. The van der Waals surface area contributed by atoms with Crippen LogP contribution in [0, 0.1) is 0 Å². The number of hydrogen-bond acceptors (Lipinski definition) is 7. The van der Waals surface area contributed by atoms with Gasteiger partial charge in [0, 0.05) is 13.2 Å². The van der Waals surface area contributed by atoms with Gasteiger partial charge in [0.15, 0.2) is 0 Å². The second kappa shape index (κ2) is 44.3. The second-order valence-corrected chi connectivity index (χ2v) is 11.7. The monoisotopic (exact) mass is 670 g/mol. The normalized spacial score (nSPS) is 10.6. The average Bonchev–Trinajstić information content (AvgIpc) is 2.88. The maximum atomic E-state index is 8.74. The van der Waals surface area contributed by atoms with Crippen LogP contribution < -0.4 is 29.6 Å². The van der Waals surface area contributed by atoms with Crippen molar-refractivity contribution in [3.05, 3.63) is 25.3 Å². The van der Waals surface area contributed by atoms with Crippen molar-refractivity contribution in [1.82, 2.24) is 0 Å². The summed E-state index contributed by atoms with van der Waals surface area (Å²) < 4.78 is 75.1. The molecule has 13 heteroatoms. The third-order valence-corrected chi connectivity index (χ3v) is 5.76. The van der Waals surface area contributed by atoms with Crippen molar-refractivity contribution in [2.75, 3.05) is 26.4 Å². The van der Waals surface area contributed by atoms with E-state index in [2.05, 4.69) is 27.0 Å². The summed E-state index contributed by atoms with van der Waals surface area (Å²) in [5.41, 5.74) is 0. The summed E-state index contributed by atoms with van der Waals surface area (Å²) >= 11 is 0. The molecule has 0 spiro atoms. The molecule has 0 aliphatic heterocycles. The number of rotatable bonds is 26. The van der Waals surface area contributed by atoms with Gasteiger partial charge in [-0.25, -0.2) is 8.42 Å². The number of unbranched alkanes of at least 4 members (excludes halogenated alkanes) is 18. The minimum absolute atomic E-state index is 0. The summed E-state index contributed by atoms with van der Waals surface area (Å²) in [4.78, 5) is 0. The molecule has 43 heavy (non-hydrogen) atoms. The Bertz CT molecular complexity index is 657. The molecule has 0 rings (SSSR count). The van der Waals surface area contributed by atoms with E-state index in [4.69, 9.17) is 44.5 Å². The predicted octanol–water partition coefficient (Wildman–Crippen LogP) is 5.58. The predicted molar refractivity (Wildman–Crippen MR) is 172 cm³/mol. The first-order chi connectivity index (χ1) is 19.8. The molecule has 0 aromatic rings. The molecule has 0 aliphatic rings. The van der Waals surface area contributed by atoms with Gasteiger partial charge in [0.25, 0.3) is 0 Å². The molecule has 256 valence electrons. The second-order valence-electron chi connectivity index (χ2n) is 9.97. The third kappa shape index (κ3) is 99.4. The van der Waals surface area contributed by atoms with E-state index in [1.807, 2.05) is 0 Å². The van der Waals surface area contributed by atoms with Gasteiger partial charge >= 0.3 is 40.0 Å². The van der Waals surface area contributed by atoms with E-state index in [1.165, 1.54) is 128 Å². The van der Waals surface area contributed by atoms with Crippen molar-refractivity contribution in [2.24, 2.45) is 0 Å². The molecule has 0 heterocycles. The molecule has 0 saturated heterocycles. The minimum Gasteiger partial charge on any atom is -0.726 e. The minimum atomic E-state index is -4.92. The summed E-state index contributed by atoms with van der Waals surface area (Å²) in [6, 6.07) is 0. The van der Waals surface area contributed by atoms with E-state index < -0.39 is 20.8 Å². The summed E-state index contributed by atoms with van der Waals surface area (Å²) in [5.74, 6) is 0. The topological polar surface area (TPSA) is 170 Å². The van der Waals surface area contributed by atoms with E-state index in [9.17, 15) is 0 Å². The maximum absolute atomic E-state index is 8.74. The molecular formula is C30H63NaO10S2. The van der Waals surface area contributed by atoms with Gasteiger partial charge in [-0.2, -0.15) is 8.42 Å². The molecule has 0 amide bonds. The summed E-state index contributed by atoms with van der Waals surface area (Å²) in [6.45, 7) is 14.7. The molecule has 0 fully saturated rings. The van der Waals surface area contributed by atoms with Crippen molar-refractivity contribution in [2.45, 2.75) is 142 Å². The fraction of sp³-hybridized carbons (Fsp3) is 0.867. The third-order valence-electron chi connectivity index (χ3n) is 5.76. The SMILES string of the molecule is C=CCOCC=C.CCCCCCCCCCCCOCCCCCCCCCCCC.O=S(=O)(O)O.O=S(=O)([O-])O.[Na+]. The Kier molecular flexibility index (Phi) is 54.2. The molecule has 0 unspecified atom stereocenters. The molecule has 0 atom stereocenters. The molecule has 10 nitrogen and oxygen atoms in total. The average molecular weight is 671 g/mol. The largest absolute Gasteiger partial charge is 1.00 e. The van der Waals surface area contributed by atoms with Crippen LogP contribution in [0.1, 0.15) is 142 Å². The van der Waals surface area contributed by atoms with Gasteiger partial charge in [-0.05, 0) is 12.8 Å². The van der Waals surface area contributed by atoms with Crippen LogP contribution in [0.3, 0.4) is 0 Å². The van der Waals surface area contributed by atoms with Crippen LogP contribution >= 0.6 is 0 Å². The molecule has 0 saturated carbocycles. The zero-order valence-electron chi connectivity index (χ0n) is 27.6. The van der Waals surface area contributed by atoms with Gasteiger partial charge in [0.2, 0.25) is 10.4 Å².